The molecule has 2 saturated heterocycles. The van der Waals surface area contributed by atoms with Crippen LogP contribution in [0.5, 0.6) is 0 Å². The van der Waals surface area contributed by atoms with E-state index < -0.39 is 50.9 Å². The van der Waals surface area contributed by atoms with Gasteiger partial charge in [0.2, 0.25) is 0 Å². The molecule has 0 amide bonds. The fraction of sp³-hybridized carbons (Fsp3) is 0.317. The highest BCUT2D eigenvalue weighted by molar-refractivity contribution is 8.55. The topological polar surface area (TPSA) is 109 Å². The lowest BCUT2D eigenvalue weighted by Gasteiger charge is -2.43. The maximum atomic E-state index is 15.0. The summed E-state index contributed by atoms with van der Waals surface area (Å²) in [5, 5.41) is 1.75. The summed E-state index contributed by atoms with van der Waals surface area (Å²) < 4.78 is 43.5. The minimum absolute atomic E-state index is 0.0976. The van der Waals surface area contributed by atoms with E-state index in [0.29, 0.717) is 12.0 Å². The molecule has 0 spiro atoms. The molecule has 53 heavy (non-hydrogen) atoms. The first-order valence-electron chi connectivity index (χ1n) is 17.9. The van der Waals surface area contributed by atoms with Crippen LogP contribution in [-0.2, 0) is 22.8 Å². The number of hydrogen-bond donors (Lipinski definition) is 1. The number of nitrogens with zero attached hydrogens (tertiary/aromatic N) is 1. The van der Waals surface area contributed by atoms with Crippen LogP contribution >= 0.6 is 18.2 Å². The van der Waals surface area contributed by atoms with Gasteiger partial charge in [-0.05, 0) is 51.3 Å². The minimum Gasteiger partial charge on any atom is -0.405 e. The first-order chi connectivity index (χ1) is 25.5. The van der Waals surface area contributed by atoms with Gasteiger partial charge in [-0.2, -0.15) is 0 Å². The third-order valence-electron chi connectivity index (χ3n) is 10.1. The Morgan fingerprint density at radius 3 is 1.94 bits per heavy atom. The smallest absolute Gasteiger partial charge is 0.390 e. The molecule has 12 heteroatoms. The van der Waals surface area contributed by atoms with Gasteiger partial charge in [-0.15, -0.1) is 0 Å². The number of H-pyrrole nitrogens is 1. The van der Waals surface area contributed by atoms with E-state index in [1.165, 1.54) is 22.1 Å². The molecular formula is C41H45N2O7PSSi. The second kappa shape index (κ2) is 15.5. The Morgan fingerprint density at radius 1 is 0.830 bits per heavy atom. The molecule has 0 bridgehead atoms. The van der Waals surface area contributed by atoms with Crippen LogP contribution in [0.15, 0.2) is 137 Å². The normalized spacial score (nSPS) is 24.9. The Bertz CT molecular complexity index is 2070. The predicted molar refractivity (Wildman–Crippen MR) is 212 cm³/mol. The van der Waals surface area contributed by atoms with Crippen molar-refractivity contribution in [1.29, 1.82) is 0 Å². The molecule has 0 aliphatic carbocycles. The van der Waals surface area contributed by atoms with E-state index in [9.17, 15) is 9.59 Å². The van der Waals surface area contributed by atoms with E-state index in [1.807, 2.05) is 97.1 Å². The van der Waals surface area contributed by atoms with Crippen molar-refractivity contribution in [3.8, 4) is 0 Å². The van der Waals surface area contributed by atoms with Crippen molar-refractivity contribution in [2.75, 3.05) is 6.61 Å². The lowest BCUT2D eigenvalue weighted by atomic mass is 10.0. The van der Waals surface area contributed by atoms with Gasteiger partial charge < -0.3 is 9.16 Å². The molecule has 1 aromatic heterocycles. The molecule has 0 saturated carbocycles. The molecular weight excluding hydrogens is 724 g/mol. The number of aromatic amines is 1. The maximum Gasteiger partial charge on any atom is 0.390 e. The van der Waals surface area contributed by atoms with Crippen LogP contribution in [0.1, 0.15) is 67.9 Å². The van der Waals surface area contributed by atoms with E-state index in [-0.39, 0.29) is 23.3 Å². The molecule has 1 unspecified atom stereocenters. The van der Waals surface area contributed by atoms with Gasteiger partial charge in [-0.3, -0.25) is 23.4 Å². The summed E-state index contributed by atoms with van der Waals surface area (Å²) in [6.07, 6.45) is -0.499. The molecule has 0 radical (unpaired) electrons. The van der Waals surface area contributed by atoms with Crippen molar-refractivity contribution < 1.29 is 22.8 Å². The quantitative estimate of drug-likeness (QED) is 0.113. The monoisotopic (exact) mass is 768 g/mol. The zero-order valence-corrected chi connectivity index (χ0v) is 33.0. The van der Waals surface area contributed by atoms with E-state index in [0.717, 1.165) is 21.5 Å². The van der Waals surface area contributed by atoms with Gasteiger partial charge in [0.1, 0.15) is 18.4 Å². The second-order valence-electron chi connectivity index (χ2n) is 14.7. The molecule has 1 N–H and O–H groups in total. The molecule has 9 nitrogen and oxygen atoms in total. The summed E-state index contributed by atoms with van der Waals surface area (Å²) in [7, 11) is -3.01. The number of aryl methyl sites for hydroxylation is 1. The molecule has 2 aliphatic heterocycles. The lowest BCUT2D eigenvalue weighted by Crippen LogP contribution is -2.67. The van der Waals surface area contributed by atoms with E-state index in [4.69, 9.17) is 18.2 Å². The van der Waals surface area contributed by atoms with Crippen molar-refractivity contribution in [3.63, 3.8) is 0 Å². The van der Waals surface area contributed by atoms with Gasteiger partial charge in [-0.25, -0.2) is 9.36 Å². The van der Waals surface area contributed by atoms with E-state index in [1.54, 1.807) is 6.92 Å². The van der Waals surface area contributed by atoms with Crippen molar-refractivity contribution >= 4 is 36.9 Å². The van der Waals surface area contributed by atoms with E-state index in [2.05, 4.69) is 50.0 Å². The average Bonchev–Trinajstić information content (AvgIpc) is 3.55. The highest BCUT2D eigenvalue weighted by Gasteiger charge is 2.53. The second-order valence-corrected chi connectivity index (χ2v) is 23.0. The van der Waals surface area contributed by atoms with Crippen molar-refractivity contribution in [2.24, 2.45) is 0 Å². The average molecular weight is 769 g/mol. The summed E-state index contributed by atoms with van der Waals surface area (Å²) in [5.74, 6) is 0. The highest BCUT2D eigenvalue weighted by Crippen LogP contribution is 2.73. The van der Waals surface area contributed by atoms with E-state index >= 15 is 4.57 Å². The lowest BCUT2D eigenvalue weighted by molar-refractivity contribution is -0.0408. The predicted octanol–water partition coefficient (Wildman–Crippen LogP) is 7.84. The van der Waals surface area contributed by atoms with Crippen molar-refractivity contribution in [1.82, 2.24) is 9.55 Å². The van der Waals surface area contributed by atoms with Crippen LogP contribution in [0, 0.1) is 6.92 Å². The summed E-state index contributed by atoms with van der Waals surface area (Å²) in [6, 6.07) is 40.4. The standard InChI is InChI=1S/C41H45N2O7PSSi/c1-29-27-43(40(45)42-39(29)44)38-26-35(50-51(46)49-34(30-17-9-5-10-18-30)25-37(52-51)31-19-11-6-12-20-31)36(48-38)28-47-53(41(2,3)4,32-21-13-7-14-22-32)33-23-15-8-16-24-33/h5-24,27,34-38H,25-26,28H2,1-4H3,(H,42,44,45)/t34-,35-,36+,37+,38+,51?/m0/s1. The summed E-state index contributed by atoms with van der Waals surface area (Å²) in [5.41, 5.74) is 1.26. The van der Waals surface area contributed by atoms with Gasteiger partial charge in [0.25, 0.3) is 13.9 Å². The maximum absolute atomic E-state index is 15.0. The first-order valence-corrected chi connectivity index (χ1v) is 22.9. The molecule has 7 rings (SSSR count). The summed E-state index contributed by atoms with van der Waals surface area (Å²) >= 11 is 1.21. The Kier molecular flexibility index (Phi) is 11.0. The zero-order valence-electron chi connectivity index (χ0n) is 30.3. The van der Waals surface area contributed by atoms with Crippen molar-refractivity contribution in [2.45, 2.75) is 75.4 Å². The fourth-order valence-electron chi connectivity index (χ4n) is 7.46. The van der Waals surface area contributed by atoms with Gasteiger partial charge in [0.05, 0.1) is 12.7 Å². The van der Waals surface area contributed by atoms with Gasteiger partial charge in [-0.1, -0.05) is 142 Å². The first kappa shape index (κ1) is 37.5. The highest BCUT2D eigenvalue weighted by atomic mass is 32.7. The Balaban J connectivity index is 1.26. The number of rotatable bonds is 10. The molecule has 276 valence electrons. The molecule has 6 atom stereocenters. The van der Waals surface area contributed by atoms with Crippen LogP contribution in [0.25, 0.3) is 0 Å². The molecule has 2 aliphatic rings. The molecule has 3 heterocycles. The SMILES string of the molecule is Cc1cn([C@H]2C[C@H](OP3(=O)O[C@H](c4ccccc4)C[C@H](c4ccccc4)S3)[C@@H](CO[Si](c3ccccc3)(c3ccccc3)C(C)(C)C)O2)c(=O)[nH]c1=O. The number of benzene rings is 4. The molecule has 5 aromatic rings. The van der Waals surface area contributed by atoms with Crippen molar-refractivity contribution in [3.05, 3.63) is 165 Å². The number of ether oxygens (including phenoxy) is 1. The van der Waals surface area contributed by atoms with Crippen LogP contribution in [0.3, 0.4) is 0 Å². The summed E-state index contributed by atoms with van der Waals surface area (Å²) in [6.45, 7) is 4.48. The van der Waals surface area contributed by atoms with Crippen LogP contribution in [0.4, 0.5) is 0 Å². The summed E-state index contributed by atoms with van der Waals surface area (Å²) in [4.78, 5) is 27.8. The van der Waals surface area contributed by atoms with Crippen LogP contribution < -0.4 is 21.6 Å². The van der Waals surface area contributed by atoms with Crippen LogP contribution in [-0.4, -0.2) is 36.7 Å². The third-order valence-corrected chi connectivity index (χ3v) is 19.1. The van der Waals surface area contributed by atoms with Gasteiger partial charge in [0.15, 0.2) is 0 Å². The Morgan fingerprint density at radius 2 is 1.38 bits per heavy atom. The largest absolute Gasteiger partial charge is 0.405 e. The Labute approximate surface area is 315 Å². The van der Waals surface area contributed by atoms with Gasteiger partial charge >= 0.3 is 12.5 Å². The third kappa shape index (κ3) is 7.89. The Hall–Kier alpha value is -3.80. The van der Waals surface area contributed by atoms with Crippen LogP contribution in [0.2, 0.25) is 5.04 Å². The van der Waals surface area contributed by atoms with Gasteiger partial charge in [0, 0.05) is 23.4 Å². The number of nitrogens with one attached hydrogen (secondary N) is 1. The molecule has 4 aromatic carbocycles. The fourth-order valence-corrected chi connectivity index (χ4v) is 16.6. The minimum atomic E-state index is -3.86. The molecule has 2 fully saturated rings. The zero-order chi connectivity index (χ0) is 37.2. The number of hydrogen-bond acceptors (Lipinski definition) is 8. The number of aromatic nitrogens is 2.